The van der Waals surface area contributed by atoms with E-state index in [1.807, 2.05) is 31.2 Å². The van der Waals surface area contributed by atoms with Gasteiger partial charge in [0.25, 0.3) is 0 Å². The van der Waals surface area contributed by atoms with Gasteiger partial charge >= 0.3 is 5.97 Å². The average molecular weight is 262 g/mol. The van der Waals surface area contributed by atoms with Gasteiger partial charge in [-0.2, -0.15) is 0 Å². The van der Waals surface area contributed by atoms with Gasteiger partial charge in [0.15, 0.2) is 5.78 Å². The number of ketones is 1. The monoisotopic (exact) mass is 262 g/mol. The smallest absolute Gasteiger partial charge is 0.306 e. The zero-order valence-electron chi connectivity index (χ0n) is 11.9. The van der Waals surface area contributed by atoms with E-state index < -0.39 is 0 Å². The van der Waals surface area contributed by atoms with Crippen LogP contribution in [0.4, 0.5) is 0 Å². The lowest BCUT2D eigenvalue weighted by Gasteiger charge is -2.06. The van der Waals surface area contributed by atoms with Crippen molar-refractivity contribution in [3.63, 3.8) is 0 Å². The van der Waals surface area contributed by atoms with E-state index in [0.717, 1.165) is 6.42 Å². The highest BCUT2D eigenvalue weighted by Crippen LogP contribution is 2.15. The lowest BCUT2D eigenvalue weighted by atomic mass is 9.99. The van der Waals surface area contributed by atoms with Crippen molar-refractivity contribution in [3.05, 3.63) is 35.4 Å². The van der Waals surface area contributed by atoms with Crippen LogP contribution in [0.5, 0.6) is 0 Å². The molecule has 0 saturated heterocycles. The van der Waals surface area contributed by atoms with Crippen molar-refractivity contribution >= 4 is 11.8 Å². The van der Waals surface area contributed by atoms with E-state index in [2.05, 4.69) is 13.8 Å². The molecule has 1 aromatic rings. The minimum absolute atomic E-state index is 0.0104. The van der Waals surface area contributed by atoms with Gasteiger partial charge in [0.05, 0.1) is 13.0 Å². The Hall–Kier alpha value is -1.64. The van der Waals surface area contributed by atoms with Gasteiger partial charge in [-0.1, -0.05) is 45.0 Å². The van der Waals surface area contributed by atoms with Gasteiger partial charge in [-0.15, -0.1) is 0 Å². The molecule has 1 aromatic carbocycles. The molecule has 0 aromatic heterocycles. The average Bonchev–Trinajstić information content (AvgIpc) is 2.42. The van der Waals surface area contributed by atoms with Crippen LogP contribution in [0.15, 0.2) is 24.3 Å². The van der Waals surface area contributed by atoms with Crippen molar-refractivity contribution in [2.45, 2.75) is 46.0 Å². The van der Waals surface area contributed by atoms with Crippen LogP contribution in [0.1, 0.15) is 61.9 Å². The summed E-state index contributed by atoms with van der Waals surface area (Å²) in [6.45, 7) is 6.59. The maximum Gasteiger partial charge on any atom is 0.306 e. The van der Waals surface area contributed by atoms with Crippen LogP contribution in [0.3, 0.4) is 0 Å². The number of hydrogen-bond donors (Lipinski definition) is 0. The second-order valence-corrected chi connectivity index (χ2v) is 4.92. The highest BCUT2D eigenvalue weighted by atomic mass is 16.5. The molecule has 0 fully saturated rings. The van der Waals surface area contributed by atoms with E-state index in [-0.39, 0.29) is 24.6 Å². The van der Waals surface area contributed by atoms with Crippen LogP contribution in [-0.2, 0) is 9.53 Å². The van der Waals surface area contributed by atoms with Crippen LogP contribution >= 0.6 is 0 Å². The Bertz CT molecular complexity index is 418. The molecule has 104 valence electrons. The van der Waals surface area contributed by atoms with Crippen LogP contribution < -0.4 is 0 Å². The lowest BCUT2D eigenvalue weighted by Crippen LogP contribution is -2.08. The van der Waals surface area contributed by atoms with E-state index >= 15 is 0 Å². The second-order valence-electron chi connectivity index (χ2n) is 4.92. The van der Waals surface area contributed by atoms with Crippen molar-refractivity contribution in [2.75, 3.05) is 6.61 Å². The first-order chi connectivity index (χ1) is 9.04. The molecular formula is C16H22O3. The quantitative estimate of drug-likeness (QED) is 0.555. The first kappa shape index (κ1) is 15.4. The summed E-state index contributed by atoms with van der Waals surface area (Å²) in [7, 11) is 0. The first-order valence-corrected chi connectivity index (χ1v) is 6.83. The summed E-state index contributed by atoms with van der Waals surface area (Å²) in [5.74, 6) is 0.144. The Kier molecular flexibility index (Phi) is 6.26. The summed E-state index contributed by atoms with van der Waals surface area (Å²) >= 11 is 0. The molecule has 0 unspecified atom stereocenters. The SMILES string of the molecule is CCCOC(=O)CCC(=O)c1ccc(C(C)C)cc1. The summed E-state index contributed by atoms with van der Waals surface area (Å²) in [6.07, 6.45) is 1.17. The van der Waals surface area contributed by atoms with E-state index in [1.54, 1.807) is 0 Å². The summed E-state index contributed by atoms with van der Waals surface area (Å²) in [5.41, 5.74) is 1.87. The van der Waals surface area contributed by atoms with Crippen molar-refractivity contribution < 1.29 is 14.3 Å². The van der Waals surface area contributed by atoms with Gasteiger partial charge < -0.3 is 4.74 Å². The van der Waals surface area contributed by atoms with Gasteiger partial charge in [0.2, 0.25) is 0 Å². The normalized spacial score (nSPS) is 10.5. The fraction of sp³-hybridized carbons (Fsp3) is 0.500. The molecule has 3 heteroatoms. The topological polar surface area (TPSA) is 43.4 Å². The lowest BCUT2D eigenvalue weighted by molar-refractivity contribution is -0.143. The van der Waals surface area contributed by atoms with Gasteiger partial charge in [0, 0.05) is 12.0 Å². The Morgan fingerprint density at radius 2 is 1.74 bits per heavy atom. The molecule has 19 heavy (non-hydrogen) atoms. The second kappa shape index (κ2) is 7.72. The van der Waals surface area contributed by atoms with Gasteiger partial charge in [-0.3, -0.25) is 9.59 Å². The number of rotatable bonds is 7. The van der Waals surface area contributed by atoms with E-state index in [9.17, 15) is 9.59 Å². The molecule has 0 amide bonds. The maximum absolute atomic E-state index is 11.9. The summed E-state index contributed by atoms with van der Waals surface area (Å²) in [5, 5.41) is 0. The molecule has 0 spiro atoms. The van der Waals surface area contributed by atoms with Crippen LogP contribution in [0, 0.1) is 0 Å². The fourth-order valence-corrected chi connectivity index (χ4v) is 1.70. The number of esters is 1. The van der Waals surface area contributed by atoms with Crippen molar-refractivity contribution in [1.29, 1.82) is 0 Å². The molecule has 0 bridgehead atoms. The zero-order chi connectivity index (χ0) is 14.3. The van der Waals surface area contributed by atoms with E-state index in [4.69, 9.17) is 4.74 Å². The molecule has 0 heterocycles. The molecule has 0 atom stereocenters. The van der Waals surface area contributed by atoms with E-state index in [0.29, 0.717) is 18.1 Å². The molecule has 0 aliphatic heterocycles. The van der Waals surface area contributed by atoms with Crippen molar-refractivity contribution in [1.82, 2.24) is 0 Å². The number of benzene rings is 1. The summed E-state index contributed by atoms with van der Waals surface area (Å²) in [4.78, 5) is 23.2. The summed E-state index contributed by atoms with van der Waals surface area (Å²) in [6, 6.07) is 7.59. The maximum atomic E-state index is 11.9. The van der Waals surface area contributed by atoms with E-state index in [1.165, 1.54) is 5.56 Å². The number of hydrogen-bond acceptors (Lipinski definition) is 3. The zero-order valence-corrected chi connectivity index (χ0v) is 11.9. The third-order valence-electron chi connectivity index (χ3n) is 2.92. The Morgan fingerprint density at radius 3 is 2.26 bits per heavy atom. The van der Waals surface area contributed by atoms with Gasteiger partial charge in [-0.25, -0.2) is 0 Å². The third kappa shape index (κ3) is 5.25. The Labute approximate surface area is 115 Å². The minimum Gasteiger partial charge on any atom is -0.466 e. The molecule has 0 N–H and O–H groups in total. The predicted molar refractivity (Wildman–Crippen MR) is 75.3 cm³/mol. The van der Waals surface area contributed by atoms with Crippen molar-refractivity contribution in [3.8, 4) is 0 Å². The molecule has 0 saturated carbocycles. The summed E-state index contributed by atoms with van der Waals surface area (Å²) < 4.78 is 4.94. The van der Waals surface area contributed by atoms with Crippen LogP contribution in [-0.4, -0.2) is 18.4 Å². The first-order valence-electron chi connectivity index (χ1n) is 6.83. The van der Waals surface area contributed by atoms with Gasteiger partial charge in [-0.05, 0) is 17.9 Å². The largest absolute Gasteiger partial charge is 0.466 e. The number of Topliss-reactive ketones (excluding diaryl/α,β-unsaturated/α-hetero) is 1. The number of carbonyl (C=O) groups is 2. The molecule has 0 radical (unpaired) electrons. The Balaban J connectivity index is 2.47. The molecule has 0 aliphatic rings. The third-order valence-corrected chi connectivity index (χ3v) is 2.92. The van der Waals surface area contributed by atoms with Crippen LogP contribution in [0.2, 0.25) is 0 Å². The standard InChI is InChI=1S/C16H22O3/c1-4-11-19-16(18)10-9-15(17)14-7-5-13(6-8-14)12(2)3/h5-8,12H,4,9-11H2,1-3H3. The minimum atomic E-state index is -0.297. The number of ether oxygens (including phenoxy) is 1. The highest BCUT2D eigenvalue weighted by molar-refractivity contribution is 5.97. The van der Waals surface area contributed by atoms with Gasteiger partial charge in [0.1, 0.15) is 0 Å². The predicted octanol–water partition coefficient (Wildman–Crippen LogP) is 3.73. The highest BCUT2D eigenvalue weighted by Gasteiger charge is 2.10. The Morgan fingerprint density at radius 1 is 1.11 bits per heavy atom. The molecular weight excluding hydrogens is 240 g/mol. The van der Waals surface area contributed by atoms with Crippen LogP contribution in [0.25, 0.3) is 0 Å². The fourth-order valence-electron chi connectivity index (χ4n) is 1.70. The molecule has 3 nitrogen and oxygen atoms in total. The molecule has 1 rings (SSSR count). The van der Waals surface area contributed by atoms with Crippen molar-refractivity contribution in [2.24, 2.45) is 0 Å². The number of carbonyl (C=O) groups excluding carboxylic acids is 2. The molecule has 0 aliphatic carbocycles.